The number of likely N-dealkylation sites (tertiary alicyclic amines) is 1. The fourth-order valence-corrected chi connectivity index (χ4v) is 4.03. The first-order valence-corrected chi connectivity index (χ1v) is 10.8. The van der Waals surface area contributed by atoms with Crippen LogP contribution in [0.4, 0.5) is 9.18 Å². The van der Waals surface area contributed by atoms with Crippen molar-refractivity contribution in [3.05, 3.63) is 35.1 Å². The van der Waals surface area contributed by atoms with E-state index in [0.717, 1.165) is 11.1 Å². The molecular weight excluding hydrogens is 383 g/mol. The molecule has 1 aliphatic heterocycles. The Kier molecular flexibility index (Phi) is 6.64. The number of urea groups is 1. The number of rotatable bonds is 6. The number of hydrogen-bond donors (Lipinski definition) is 2. The van der Waals surface area contributed by atoms with Crippen molar-refractivity contribution in [3.63, 3.8) is 0 Å². The normalized spacial score (nSPS) is 19.1. The number of nitriles is 1. The van der Waals surface area contributed by atoms with Crippen LogP contribution in [0.3, 0.4) is 0 Å². The standard InChI is InChI=1S/C23H31FN4O2/c1-15(2)12-20(21(29)27-23(14-25)8-9-23)26-22(30)28-10-6-17(7-11-28)18-13-16(3)4-5-19(18)24/h4-5,13,15,17,20H,6-12H2,1-3H3,(H,26,30)(H,27,29). The van der Waals surface area contributed by atoms with E-state index in [2.05, 4.69) is 16.7 Å². The molecule has 1 aromatic rings. The van der Waals surface area contributed by atoms with E-state index < -0.39 is 11.6 Å². The van der Waals surface area contributed by atoms with Crippen LogP contribution in [0.5, 0.6) is 0 Å². The Labute approximate surface area is 177 Å². The highest BCUT2D eigenvalue weighted by Gasteiger charge is 2.45. The summed E-state index contributed by atoms with van der Waals surface area (Å²) in [5.41, 5.74) is 0.992. The van der Waals surface area contributed by atoms with E-state index in [1.165, 1.54) is 6.07 Å². The van der Waals surface area contributed by atoms with Crippen LogP contribution >= 0.6 is 0 Å². The summed E-state index contributed by atoms with van der Waals surface area (Å²) in [7, 11) is 0. The zero-order chi connectivity index (χ0) is 21.9. The maximum Gasteiger partial charge on any atom is 0.318 e. The third-order valence-electron chi connectivity index (χ3n) is 6.02. The fraction of sp³-hybridized carbons (Fsp3) is 0.609. The minimum atomic E-state index is -0.757. The molecule has 1 saturated carbocycles. The van der Waals surface area contributed by atoms with Gasteiger partial charge in [0.05, 0.1) is 6.07 Å². The smallest absolute Gasteiger partial charge is 0.318 e. The summed E-state index contributed by atoms with van der Waals surface area (Å²) in [6.45, 7) is 6.96. The average molecular weight is 415 g/mol. The summed E-state index contributed by atoms with van der Waals surface area (Å²) in [6.07, 6.45) is 3.18. The van der Waals surface area contributed by atoms with Gasteiger partial charge in [-0.25, -0.2) is 9.18 Å². The van der Waals surface area contributed by atoms with Crippen molar-refractivity contribution in [3.8, 4) is 6.07 Å². The molecule has 2 aliphatic rings. The van der Waals surface area contributed by atoms with Gasteiger partial charge in [-0.2, -0.15) is 5.26 Å². The molecule has 1 aliphatic carbocycles. The maximum absolute atomic E-state index is 14.2. The number of halogens is 1. The molecule has 1 aromatic carbocycles. The monoisotopic (exact) mass is 414 g/mol. The second kappa shape index (κ2) is 9.03. The van der Waals surface area contributed by atoms with Gasteiger partial charge >= 0.3 is 6.03 Å². The van der Waals surface area contributed by atoms with E-state index in [4.69, 9.17) is 0 Å². The molecular formula is C23H31FN4O2. The van der Waals surface area contributed by atoms with Gasteiger partial charge in [-0.05, 0) is 62.5 Å². The van der Waals surface area contributed by atoms with Crippen molar-refractivity contribution in [2.75, 3.05) is 13.1 Å². The second-order valence-electron chi connectivity index (χ2n) is 9.10. The summed E-state index contributed by atoms with van der Waals surface area (Å²) in [5, 5.41) is 14.9. The zero-order valence-corrected chi connectivity index (χ0v) is 18.0. The highest BCUT2D eigenvalue weighted by atomic mass is 19.1. The largest absolute Gasteiger partial charge is 0.336 e. The number of carbonyl (C=O) groups excluding carboxylic acids is 2. The summed E-state index contributed by atoms with van der Waals surface area (Å²) >= 11 is 0. The topological polar surface area (TPSA) is 85.2 Å². The second-order valence-corrected chi connectivity index (χ2v) is 9.10. The number of nitrogens with one attached hydrogen (secondary N) is 2. The zero-order valence-electron chi connectivity index (χ0n) is 18.0. The van der Waals surface area contributed by atoms with Crippen LogP contribution < -0.4 is 10.6 Å². The lowest BCUT2D eigenvalue weighted by Gasteiger charge is -2.33. The number of piperidine rings is 1. The molecule has 6 nitrogen and oxygen atoms in total. The summed E-state index contributed by atoms with van der Waals surface area (Å²) in [6, 6.07) is 6.36. The van der Waals surface area contributed by atoms with Crippen LogP contribution in [-0.2, 0) is 4.79 Å². The van der Waals surface area contributed by atoms with Gasteiger partial charge in [-0.15, -0.1) is 0 Å². The number of carbonyl (C=O) groups is 2. The average Bonchev–Trinajstić information content (AvgIpc) is 3.49. The van der Waals surface area contributed by atoms with Crippen LogP contribution in [0.2, 0.25) is 0 Å². The number of amides is 3. The number of aryl methyl sites for hydroxylation is 1. The van der Waals surface area contributed by atoms with E-state index >= 15 is 0 Å². The predicted octanol–water partition coefficient (Wildman–Crippen LogP) is 3.61. The van der Waals surface area contributed by atoms with E-state index in [1.54, 1.807) is 11.0 Å². The van der Waals surface area contributed by atoms with Crippen molar-refractivity contribution in [2.24, 2.45) is 5.92 Å². The van der Waals surface area contributed by atoms with Crippen LogP contribution in [0.15, 0.2) is 18.2 Å². The van der Waals surface area contributed by atoms with Crippen molar-refractivity contribution < 1.29 is 14.0 Å². The van der Waals surface area contributed by atoms with Crippen LogP contribution in [0, 0.1) is 30.0 Å². The van der Waals surface area contributed by atoms with Gasteiger partial charge in [0.2, 0.25) is 5.91 Å². The van der Waals surface area contributed by atoms with Gasteiger partial charge in [0, 0.05) is 13.1 Å². The molecule has 3 amide bonds. The first-order valence-electron chi connectivity index (χ1n) is 10.8. The van der Waals surface area contributed by atoms with Gasteiger partial charge in [0.15, 0.2) is 0 Å². The molecule has 0 radical (unpaired) electrons. The number of benzene rings is 1. The molecule has 30 heavy (non-hydrogen) atoms. The molecule has 1 heterocycles. The Bertz CT molecular complexity index is 836. The van der Waals surface area contributed by atoms with Crippen LogP contribution in [0.25, 0.3) is 0 Å². The first kappa shape index (κ1) is 22.1. The molecule has 162 valence electrons. The molecule has 2 N–H and O–H groups in total. The molecule has 1 atom stereocenters. The third-order valence-corrected chi connectivity index (χ3v) is 6.02. The van der Waals surface area contributed by atoms with Crippen LogP contribution in [0.1, 0.15) is 63.0 Å². The summed E-state index contributed by atoms with van der Waals surface area (Å²) < 4.78 is 14.2. The molecule has 3 rings (SSSR count). The predicted molar refractivity (Wildman–Crippen MR) is 112 cm³/mol. The molecule has 1 unspecified atom stereocenters. The minimum Gasteiger partial charge on any atom is -0.336 e. The number of nitrogens with zero attached hydrogens (tertiary/aromatic N) is 2. The van der Waals surface area contributed by atoms with E-state index in [-0.39, 0.29) is 29.6 Å². The lowest BCUT2D eigenvalue weighted by atomic mass is 9.88. The van der Waals surface area contributed by atoms with Gasteiger partial charge in [0.25, 0.3) is 0 Å². The fourth-order valence-electron chi connectivity index (χ4n) is 4.03. The highest BCUT2D eigenvalue weighted by Crippen LogP contribution is 2.34. The van der Waals surface area contributed by atoms with Crippen molar-refractivity contribution >= 4 is 11.9 Å². The van der Waals surface area contributed by atoms with Crippen molar-refractivity contribution in [1.29, 1.82) is 5.26 Å². The molecule has 0 bridgehead atoms. The third kappa shape index (κ3) is 5.29. The Morgan fingerprint density at radius 1 is 1.30 bits per heavy atom. The minimum absolute atomic E-state index is 0.0917. The molecule has 1 saturated heterocycles. The van der Waals surface area contributed by atoms with Crippen LogP contribution in [-0.4, -0.2) is 41.5 Å². The van der Waals surface area contributed by atoms with Crippen molar-refractivity contribution in [1.82, 2.24) is 15.5 Å². The Morgan fingerprint density at radius 2 is 1.97 bits per heavy atom. The first-order chi connectivity index (χ1) is 14.2. The van der Waals surface area contributed by atoms with E-state index in [9.17, 15) is 19.2 Å². The summed E-state index contributed by atoms with van der Waals surface area (Å²) in [4.78, 5) is 27.2. The Hall–Kier alpha value is -2.62. The molecule has 0 spiro atoms. The van der Waals surface area contributed by atoms with E-state index in [1.807, 2.05) is 26.8 Å². The molecule has 7 heteroatoms. The lowest BCUT2D eigenvalue weighted by Crippen LogP contribution is -2.54. The van der Waals surface area contributed by atoms with Crippen molar-refractivity contribution in [2.45, 2.75) is 70.4 Å². The quantitative estimate of drug-likeness (QED) is 0.746. The summed E-state index contributed by atoms with van der Waals surface area (Å²) in [5.74, 6) is -0.182. The maximum atomic E-state index is 14.2. The Morgan fingerprint density at radius 3 is 2.53 bits per heavy atom. The molecule has 0 aromatic heterocycles. The van der Waals surface area contributed by atoms with Gasteiger partial charge in [0.1, 0.15) is 17.4 Å². The highest BCUT2D eigenvalue weighted by molar-refractivity contribution is 5.88. The Balaban J connectivity index is 1.58. The van der Waals surface area contributed by atoms with Gasteiger partial charge in [-0.3, -0.25) is 4.79 Å². The lowest BCUT2D eigenvalue weighted by molar-refractivity contribution is -0.124. The molecule has 2 fully saturated rings. The van der Waals surface area contributed by atoms with Gasteiger partial charge in [-0.1, -0.05) is 31.5 Å². The SMILES string of the molecule is Cc1ccc(F)c(C2CCN(C(=O)NC(CC(C)C)C(=O)NC3(C#N)CC3)CC2)c1. The van der Waals surface area contributed by atoms with Gasteiger partial charge < -0.3 is 15.5 Å². The number of hydrogen-bond acceptors (Lipinski definition) is 3. The van der Waals surface area contributed by atoms with E-state index in [0.29, 0.717) is 45.2 Å².